The van der Waals surface area contributed by atoms with E-state index < -0.39 is 0 Å². The Morgan fingerprint density at radius 1 is 1.30 bits per heavy atom. The molecule has 1 aromatic carbocycles. The summed E-state index contributed by atoms with van der Waals surface area (Å²) in [5.41, 5.74) is 5.63. The lowest BCUT2D eigenvalue weighted by molar-refractivity contribution is -0.138. The highest BCUT2D eigenvalue weighted by Gasteiger charge is 2.17. The summed E-state index contributed by atoms with van der Waals surface area (Å²) in [6.45, 7) is 9.27. The minimum absolute atomic E-state index is 0.326. The quantitative estimate of drug-likeness (QED) is 0.590. The molecule has 124 valence electrons. The molecule has 1 aromatic rings. The van der Waals surface area contributed by atoms with Crippen molar-refractivity contribution in [2.24, 2.45) is 0 Å². The van der Waals surface area contributed by atoms with Gasteiger partial charge >= 0.3 is 5.97 Å². The van der Waals surface area contributed by atoms with Crippen LogP contribution in [0.5, 0.6) is 0 Å². The molecule has 0 spiro atoms. The summed E-state index contributed by atoms with van der Waals surface area (Å²) < 4.78 is 5.18. The maximum atomic E-state index is 11.4. The van der Waals surface area contributed by atoms with Crippen molar-refractivity contribution in [3.8, 4) is 0 Å². The molecule has 4 nitrogen and oxygen atoms in total. The summed E-state index contributed by atoms with van der Waals surface area (Å²) in [7, 11) is 1.98. The first-order valence-electron chi connectivity index (χ1n) is 8.14. The number of hydrogen-bond acceptors (Lipinski definition) is 4. The fourth-order valence-corrected chi connectivity index (χ4v) is 2.68. The van der Waals surface area contributed by atoms with Crippen molar-refractivity contribution < 1.29 is 9.53 Å². The Morgan fingerprint density at radius 3 is 2.48 bits per heavy atom. The number of esters is 1. The summed E-state index contributed by atoms with van der Waals surface area (Å²) in [6.07, 6.45) is 2.28. The topological polar surface area (TPSA) is 41.6 Å². The van der Waals surface area contributed by atoms with Gasteiger partial charge in [-0.15, -0.1) is 0 Å². The van der Waals surface area contributed by atoms with Crippen molar-refractivity contribution in [3.63, 3.8) is 0 Å². The van der Waals surface area contributed by atoms with Crippen LogP contribution in [0.2, 0.25) is 0 Å². The molecule has 1 aliphatic rings. The monoisotopic (exact) mass is 314 g/mol. The zero-order valence-electron chi connectivity index (χ0n) is 14.3. The third kappa shape index (κ3) is 4.15. The van der Waals surface area contributed by atoms with Crippen molar-refractivity contribution in [1.29, 1.82) is 0 Å². The third-order valence-corrected chi connectivity index (χ3v) is 4.20. The molecule has 1 N–H and O–H groups in total. The van der Waals surface area contributed by atoms with Crippen LogP contribution in [0.25, 0.3) is 5.57 Å². The van der Waals surface area contributed by atoms with Crippen molar-refractivity contribution in [3.05, 3.63) is 47.7 Å². The predicted octanol–water partition coefficient (Wildman–Crippen LogP) is 3.36. The number of ether oxygens (including phenoxy) is 1. The van der Waals surface area contributed by atoms with E-state index in [-0.39, 0.29) is 5.97 Å². The molecule has 0 radical (unpaired) electrons. The van der Waals surface area contributed by atoms with Crippen LogP contribution in [0, 0.1) is 0 Å². The zero-order valence-corrected chi connectivity index (χ0v) is 14.3. The Hall–Kier alpha value is -2.23. The molecule has 0 atom stereocenters. The minimum atomic E-state index is -0.326. The molecule has 0 heterocycles. The molecule has 0 amide bonds. The largest absolute Gasteiger partial charge is 0.460 e. The summed E-state index contributed by atoms with van der Waals surface area (Å²) >= 11 is 0. The predicted molar refractivity (Wildman–Crippen MR) is 95.3 cm³/mol. The first-order valence-corrected chi connectivity index (χ1v) is 8.14. The molecule has 0 saturated carbocycles. The van der Waals surface area contributed by atoms with Crippen LogP contribution in [0.3, 0.4) is 0 Å². The molecule has 0 aromatic heterocycles. The molecular formula is C19H26N2O2. The van der Waals surface area contributed by atoms with Crippen molar-refractivity contribution in [1.82, 2.24) is 5.32 Å². The lowest BCUT2D eigenvalue weighted by Crippen LogP contribution is -2.28. The van der Waals surface area contributed by atoms with E-state index in [0.717, 1.165) is 25.1 Å². The number of carbonyl (C=O) groups is 1. The number of allylic oxidation sites excluding steroid dienone is 2. The summed E-state index contributed by atoms with van der Waals surface area (Å²) in [5, 5.41) is 3.26. The SMILES string of the molecule is C=C(C)C(=O)OCCN(CC)c1ccc(C2=C(NC)CC2)cc1. The number of nitrogens with one attached hydrogen (secondary N) is 1. The van der Waals surface area contributed by atoms with Crippen molar-refractivity contribution in [2.75, 3.05) is 31.6 Å². The number of benzene rings is 1. The van der Waals surface area contributed by atoms with Crippen LogP contribution in [0.15, 0.2) is 42.1 Å². The van der Waals surface area contributed by atoms with Crippen LogP contribution in [-0.4, -0.2) is 32.7 Å². The maximum Gasteiger partial charge on any atom is 0.333 e. The Kier molecular flexibility index (Phi) is 5.85. The van der Waals surface area contributed by atoms with Gasteiger partial charge in [0.1, 0.15) is 6.61 Å². The first-order chi connectivity index (χ1) is 11.1. The van der Waals surface area contributed by atoms with Gasteiger partial charge in [-0.25, -0.2) is 4.79 Å². The smallest absolute Gasteiger partial charge is 0.333 e. The molecule has 0 saturated heterocycles. The number of nitrogens with zero attached hydrogens (tertiary/aromatic N) is 1. The van der Waals surface area contributed by atoms with Crippen LogP contribution in [0.4, 0.5) is 5.69 Å². The molecule has 0 fully saturated rings. The lowest BCUT2D eigenvalue weighted by atomic mass is 9.88. The molecule has 0 aliphatic heterocycles. The second-order valence-electron chi connectivity index (χ2n) is 5.75. The van der Waals surface area contributed by atoms with Crippen molar-refractivity contribution in [2.45, 2.75) is 26.7 Å². The zero-order chi connectivity index (χ0) is 16.8. The van der Waals surface area contributed by atoms with E-state index in [1.165, 1.54) is 16.8 Å². The second kappa shape index (κ2) is 7.86. The lowest BCUT2D eigenvalue weighted by Gasteiger charge is -2.26. The van der Waals surface area contributed by atoms with Crippen molar-refractivity contribution >= 4 is 17.2 Å². The Labute approximate surface area is 138 Å². The van der Waals surface area contributed by atoms with Crippen LogP contribution in [-0.2, 0) is 9.53 Å². The summed E-state index contributed by atoms with van der Waals surface area (Å²) in [5.74, 6) is -0.326. The van der Waals surface area contributed by atoms with E-state index in [1.807, 2.05) is 7.05 Å². The van der Waals surface area contributed by atoms with E-state index >= 15 is 0 Å². The standard InChI is InChI=1S/C19H26N2O2/c1-5-21(12-13-23-19(22)14(2)3)16-8-6-15(7-9-16)17-10-11-18(17)20-4/h6-9,20H,2,5,10-13H2,1,3-4H3. The maximum absolute atomic E-state index is 11.4. The van der Waals surface area contributed by atoms with E-state index in [2.05, 4.69) is 48.0 Å². The summed E-state index contributed by atoms with van der Waals surface area (Å²) in [4.78, 5) is 13.6. The average Bonchev–Trinajstić information content (AvgIpc) is 2.51. The molecule has 1 aliphatic carbocycles. The molecule has 2 rings (SSSR count). The van der Waals surface area contributed by atoms with Gasteiger partial charge in [-0.2, -0.15) is 0 Å². The minimum Gasteiger partial charge on any atom is -0.460 e. The number of likely N-dealkylation sites (N-methyl/N-ethyl adjacent to an activating group) is 1. The highest BCUT2D eigenvalue weighted by molar-refractivity contribution is 5.86. The molecular weight excluding hydrogens is 288 g/mol. The van der Waals surface area contributed by atoms with E-state index in [0.29, 0.717) is 18.7 Å². The highest BCUT2D eigenvalue weighted by atomic mass is 16.5. The van der Waals surface area contributed by atoms with E-state index in [4.69, 9.17) is 4.74 Å². The Morgan fingerprint density at radius 2 is 2.00 bits per heavy atom. The third-order valence-electron chi connectivity index (χ3n) is 4.20. The van der Waals surface area contributed by atoms with E-state index in [1.54, 1.807) is 6.92 Å². The average molecular weight is 314 g/mol. The number of carbonyl (C=O) groups excluding carboxylic acids is 1. The van der Waals surface area contributed by atoms with Crippen LogP contribution in [0.1, 0.15) is 32.3 Å². The van der Waals surface area contributed by atoms with Gasteiger partial charge in [0.15, 0.2) is 0 Å². The number of hydrogen-bond donors (Lipinski definition) is 1. The Balaban J connectivity index is 1.96. The fourth-order valence-electron chi connectivity index (χ4n) is 2.68. The number of rotatable bonds is 8. The van der Waals surface area contributed by atoms with Gasteiger partial charge in [0.2, 0.25) is 0 Å². The van der Waals surface area contributed by atoms with Gasteiger partial charge in [-0.1, -0.05) is 18.7 Å². The van der Waals surface area contributed by atoms with Gasteiger partial charge in [-0.05, 0) is 50.0 Å². The molecule has 0 unspecified atom stereocenters. The molecule has 4 heteroatoms. The summed E-state index contributed by atoms with van der Waals surface area (Å²) in [6, 6.07) is 8.61. The molecule has 23 heavy (non-hydrogen) atoms. The van der Waals surface area contributed by atoms with Crippen LogP contribution < -0.4 is 10.2 Å². The van der Waals surface area contributed by atoms with Gasteiger partial charge in [0.05, 0.1) is 6.54 Å². The van der Waals surface area contributed by atoms with Gasteiger partial charge in [0, 0.05) is 30.5 Å². The normalized spacial score (nSPS) is 13.3. The van der Waals surface area contributed by atoms with Crippen LogP contribution >= 0.6 is 0 Å². The van der Waals surface area contributed by atoms with Gasteiger partial charge < -0.3 is 15.0 Å². The molecule has 0 bridgehead atoms. The first kappa shape index (κ1) is 17.1. The van der Waals surface area contributed by atoms with E-state index in [9.17, 15) is 4.79 Å². The van der Waals surface area contributed by atoms with Gasteiger partial charge in [0.25, 0.3) is 0 Å². The second-order valence-corrected chi connectivity index (χ2v) is 5.75. The Bertz CT molecular complexity index is 602. The number of anilines is 1. The van der Waals surface area contributed by atoms with Gasteiger partial charge in [-0.3, -0.25) is 0 Å². The highest BCUT2D eigenvalue weighted by Crippen LogP contribution is 2.34. The fraction of sp³-hybridized carbons (Fsp3) is 0.421.